The lowest BCUT2D eigenvalue weighted by atomic mass is 9.88. The number of aliphatic hydroxyl groups excluding tert-OH is 1. The summed E-state index contributed by atoms with van der Waals surface area (Å²) < 4.78 is 29.8. The van der Waals surface area contributed by atoms with Crippen molar-refractivity contribution in [3.8, 4) is 0 Å². The van der Waals surface area contributed by atoms with E-state index in [1.165, 1.54) is 5.56 Å². The number of methoxy groups -OCH3 is 1. The van der Waals surface area contributed by atoms with E-state index in [2.05, 4.69) is 54.2 Å². The molecule has 1 aromatic carbocycles. The number of nitrogens with zero attached hydrogens (tertiary/aromatic N) is 5. The third-order valence-electron chi connectivity index (χ3n) is 8.36. The first-order chi connectivity index (χ1) is 19.1. The van der Waals surface area contributed by atoms with Gasteiger partial charge < -0.3 is 25.0 Å². The molecule has 2 N–H and O–H groups in total. The van der Waals surface area contributed by atoms with E-state index in [-0.39, 0.29) is 29.6 Å². The molecule has 2 aliphatic heterocycles. The van der Waals surface area contributed by atoms with Crippen molar-refractivity contribution in [3.05, 3.63) is 42.2 Å². The average molecular weight is 569 g/mol. The Labute approximate surface area is 236 Å². The lowest BCUT2D eigenvalue weighted by Crippen LogP contribution is -2.57. The van der Waals surface area contributed by atoms with Crippen LogP contribution in [0.15, 0.2) is 36.7 Å². The first-order valence-corrected chi connectivity index (χ1v) is 15.9. The maximum Gasteiger partial charge on any atom is 0.227 e. The maximum atomic E-state index is 12.2. The molecule has 216 valence electrons. The molecule has 0 spiro atoms. The van der Waals surface area contributed by atoms with Gasteiger partial charge in [0.25, 0.3) is 0 Å². The highest BCUT2D eigenvalue weighted by Gasteiger charge is 2.38. The minimum absolute atomic E-state index is 0.132. The van der Waals surface area contributed by atoms with Crippen molar-refractivity contribution in [2.24, 2.45) is 5.92 Å². The molecule has 0 bridgehead atoms. The number of aromatic nitrogens is 3. The zero-order valence-electron chi connectivity index (χ0n) is 23.9. The summed E-state index contributed by atoms with van der Waals surface area (Å²) >= 11 is 0. The van der Waals surface area contributed by atoms with E-state index < -0.39 is 15.9 Å². The third-order valence-corrected chi connectivity index (χ3v) is 10.2. The van der Waals surface area contributed by atoms with E-state index in [9.17, 15) is 13.5 Å². The number of hydrogen-bond donors (Lipinski definition) is 2. The van der Waals surface area contributed by atoms with Gasteiger partial charge >= 0.3 is 0 Å². The van der Waals surface area contributed by atoms with Gasteiger partial charge in [0, 0.05) is 67.9 Å². The van der Waals surface area contributed by atoms with Crippen LogP contribution in [0.5, 0.6) is 0 Å². The minimum Gasteiger partial charge on any atom is -0.389 e. The molecule has 10 nitrogen and oxygen atoms in total. The van der Waals surface area contributed by atoms with Crippen LogP contribution in [0.3, 0.4) is 0 Å². The largest absolute Gasteiger partial charge is 0.389 e. The summed E-state index contributed by atoms with van der Waals surface area (Å²) in [6, 6.07) is 8.32. The molecule has 0 amide bonds. The van der Waals surface area contributed by atoms with Gasteiger partial charge in [-0.15, -0.1) is 0 Å². The summed E-state index contributed by atoms with van der Waals surface area (Å²) in [5.74, 6) is 2.72. The molecule has 5 rings (SSSR count). The van der Waals surface area contributed by atoms with E-state index in [0.717, 1.165) is 23.0 Å². The Bertz CT molecular complexity index is 1470. The van der Waals surface area contributed by atoms with Crippen LogP contribution in [0.25, 0.3) is 10.8 Å². The number of hydrogen-bond acceptors (Lipinski definition) is 10. The van der Waals surface area contributed by atoms with Crippen LogP contribution in [0.2, 0.25) is 0 Å². The van der Waals surface area contributed by atoms with E-state index >= 15 is 0 Å². The molecule has 2 aromatic heterocycles. The standard InChI is InChI=1S/C29H40N6O4S/c1-6-40(37,38)17-20-15-35(19(20)4)24-8-7-21(18(2)3)22-13-28(31-14-23(22)24)32-27-9-11-30-29(33-27)34-12-10-26(39-5)25(36)16-34/h7-9,11,13-14,18-20,25-26,36H,6,10,12,15-17H2,1-5H3,(H,30,31,32,33)/t19-,20-,25+,26-/m1/s1. The highest BCUT2D eigenvalue weighted by Crippen LogP contribution is 2.39. The number of aliphatic hydroxyl groups is 1. The van der Waals surface area contributed by atoms with Gasteiger partial charge in [0.05, 0.1) is 18.0 Å². The van der Waals surface area contributed by atoms with Gasteiger partial charge in [-0.05, 0) is 48.4 Å². The average Bonchev–Trinajstić information content (AvgIpc) is 2.94. The molecule has 0 aliphatic carbocycles. The summed E-state index contributed by atoms with van der Waals surface area (Å²) in [5.41, 5.74) is 2.30. The van der Waals surface area contributed by atoms with Crippen LogP contribution in [0.1, 0.15) is 45.6 Å². The van der Waals surface area contributed by atoms with Gasteiger partial charge in [-0.25, -0.2) is 18.4 Å². The van der Waals surface area contributed by atoms with Crippen LogP contribution in [-0.4, -0.2) is 85.0 Å². The number of sulfone groups is 1. The molecule has 0 unspecified atom stereocenters. The zero-order valence-corrected chi connectivity index (χ0v) is 24.7. The first-order valence-electron chi connectivity index (χ1n) is 14.1. The van der Waals surface area contributed by atoms with Crippen molar-refractivity contribution >= 4 is 43.9 Å². The number of fused-ring (bicyclic) bond motifs is 1. The number of β-amino-alcohol motifs (C(OH)–C–C–N with tert-alkyl or cyclic N) is 1. The summed E-state index contributed by atoms with van der Waals surface area (Å²) in [4.78, 5) is 18.1. The normalized spacial score (nSPS) is 23.5. The van der Waals surface area contributed by atoms with Gasteiger partial charge in [-0.1, -0.05) is 26.8 Å². The number of benzene rings is 1. The van der Waals surface area contributed by atoms with Gasteiger partial charge in [0.1, 0.15) is 21.5 Å². The molecule has 3 aromatic rings. The fourth-order valence-electron chi connectivity index (χ4n) is 5.78. The van der Waals surface area contributed by atoms with Crippen molar-refractivity contribution < 1.29 is 18.3 Å². The Kier molecular flexibility index (Phi) is 8.17. The molecule has 40 heavy (non-hydrogen) atoms. The number of anilines is 4. The van der Waals surface area contributed by atoms with E-state index in [1.807, 2.05) is 11.1 Å². The predicted octanol–water partition coefficient (Wildman–Crippen LogP) is 3.74. The summed E-state index contributed by atoms with van der Waals surface area (Å²) in [7, 11) is -1.39. The SMILES string of the molecule is CCS(=O)(=O)C[C@H]1CN(c2ccc(C(C)C)c3cc(Nc4ccnc(N5CC[C@@H](OC)[C@@H](O)C5)n4)ncc23)[C@@H]1C. The molecule has 4 heterocycles. The second-order valence-corrected chi connectivity index (χ2v) is 13.6. The second-order valence-electron chi connectivity index (χ2n) is 11.2. The molecular weight excluding hydrogens is 528 g/mol. The Hall–Kier alpha value is -3.02. The minimum atomic E-state index is -3.01. The van der Waals surface area contributed by atoms with Crippen LogP contribution >= 0.6 is 0 Å². The molecule has 0 saturated carbocycles. The monoisotopic (exact) mass is 568 g/mol. The summed E-state index contributed by atoms with van der Waals surface area (Å²) in [5, 5.41) is 15.9. The lowest BCUT2D eigenvalue weighted by molar-refractivity contribution is -0.0219. The molecule has 4 atom stereocenters. The Morgan fingerprint density at radius 3 is 2.62 bits per heavy atom. The van der Waals surface area contributed by atoms with Gasteiger partial charge in [0.15, 0.2) is 0 Å². The molecule has 0 radical (unpaired) electrons. The van der Waals surface area contributed by atoms with Crippen molar-refractivity contribution in [1.29, 1.82) is 0 Å². The van der Waals surface area contributed by atoms with Crippen LogP contribution in [0.4, 0.5) is 23.3 Å². The quantitative estimate of drug-likeness (QED) is 0.395. The topological polar surface area (TPSA) is 121 Å². The van der Waals surface area contributed by atoms with Crippen molar-refractivity contribution in [3.63, 3.8) is 0 Å². The van der Waals surface area contributed by atoms with Crippen molar-refractivity contribution in [1.82, 2.24) is 15.0 Å². The lowest BCUT2D eigenvalue weighted by Gasteiger charge is -2.48. The Morgan fingerprint density at radius 2 is 1.95 bits per heavy atom. The zero-order chi connectivity index (χ0) is 28.6. The van der Waals surface area contributed by atoms with Gasteiger partial charge in [-0.3, -0.25) is 0 Å². The second kappa shape index (κ2) is 11.5. The summed E-state index contributed by atoms with van der Waals surface area (Å²) in [6.45, 7) is 10.0. The Morgan fingerprint density at radius 1 is 1.15 bits per heavy atom. The molecule has 2 aliphatic rings. The molecule has 11 heteroatoms. The van der Waals surface area contributed by atoms with Crippen LogP contribution < -0.4 is 15.1 Å². The summed E-state index contributed by atoms with van der Waals surface area (Å²) in [6.07, 6.45) is 3.55. The number of nitrogens with one attached hydrogen (secondary N) is 1. The first kappa shape index (κ1) is 28.5. The maximum absolute atomic E-state index is 12.2. The number of ether oxygens (including phenoxy) is 1. The number of pyridine rings is 1. The van der Waals surface area contributed by atoms with E-state index in [0.29, 0.717) is 43.0 Å². The third kappa shape index (κ3) is 5.73. The fourth-order valence-corrected chi connectivity index (χ4v) is 7.05. The van der Waals surface area contributed by atoms with Crippen molar-refractivity contribution in [2.75, 3.05) is 53.4 Å². The van der Waals surface area contributed by atoms with Crippen molar-refractivity contribution in [2.45, 2.75) is 58.3 Å². The smallest absolute Gasteiger partial charge is 0.227 e. The number of piperidine rings is 1. The highest BCUT2D eigenvalue weighted by molar-refractivity contribution is 7.91. The van der Waals surface area contributed by atoms with Crippen LogP contribution in [-0.2, 0) is 14.6 Å². The molecule has 2 fully saturated rings. The highest BCUT2D eigenvalue weighted by atomic mass is 32.2. The van der Waals surface area contributed by atoms with Gasteiger partial charge in [0.2, 0.25) is 5.95 Å². The van der Waals surface area contributed by atoms with Crippen LogP contribution in [0, 0.1) is 5.92 Å². The Balaban J connectivity index is 1.39. The fraction of sp³-hybridized carbons (Fsp3) is 0.552. The number of rotatable bonds is 9. The molecule has 2 saturated heterocycles. The van der Waals surface area contributed by atoms with E-state index in [1.54, 1.807) is 26.3 Å². The molecular formula is C29H40N6O4S. The van der Waals surface area contributed by atoms with E-state index in [4.69, 9.17) is 14.7 Å². The predicted molar refractivity (Wildman–Crippen MR) is 159 cm³/mol. The van der Waals surface area contributed by atoms with Gasteiger partial charge in [-0.2, -0.15) is 4.98 Å².